The zero-order valence-electron chi connectivity index (χ0n) is 12.3. The molecule has 1 saturated heterocycles. The molecule has 0 aliphatic carbocycles. The zero-order chi connectivity index (χ0) is 14.9. The molecule has 1 fully saturated rings. The maximum Gasteiger partial charge on any atom is 0.283 e. The van der Waals surface area contributed by atoms with E-state index in [2.05, 4.69) is 32.9 Å². The van der Waals surface area contributed by atoms with Gasteiger partial charge in [0.15, 0.2) is 0 Å². The van der Waals surface area contributed by atoms with Crippen LogP contribution in [-0.4, -0.2) is 28.9 Å². The van der Waals surface area contributed by atoms with Gasteiger partial charge in [-0.1, -0.05) is 6.92 Å². The van der Waals surface area contributed by atoms with Crippen LogP contribution in [0.5, 0.6) is 0 Å². The molecule has 0 bridgehead atoms. The SMILES string of the molecule is CC1CCN(c2cnn(C(C)C)c(=O)c2Br)C(CN)C1. The Hall–Kier alpha value is -0.880. The van der Waals surface area contributed by atoms with Crippen LogP contribution in [0.2, 0.25) is 0 Å². The first-order valence-electron chi connectivity index (χ1n) is 7.19. The van der Waals surface area contributed by atoms with Crippen LogP contribution in [0.25, 0.3) is 0 Å². The number of nitrogens with two attached hydrogens (primary N) is 1. The van der Waals surface area contributed by atoms with Gasteiger partial charge in [-0.3, -0.25) is 4.79 Å². The van der Waals surface area contributed by atoms with E-state index in [0.29, 0.717) is 16.9 Å². The fraction of sp³-hybridized carbons (Fsp3) is 0.714. The first kappa shape index (κ1) is 15.5. The van der Waals surface area contributed by atoms with Crippen molar-refractivity contribution < 1.29 is 0 Å². The lowest BCUT2D eigenvalue weighted by Gasteiger charge is -2.39. The number of anilines is 1. The van der Waals surface area contributed by atoms with E-state index in [0.717, 1.165) is 25.1 Å². The van der Waals surface area contributed by atoms with Gasteiger partial charge >= 0.3 is 0 Å². The van der Waals surface area contributed by atoms with E-state index >= 15 is 0 Å². The van der Waals surface area contributed by atoms with Gasteiger partial charge in [-0.2, -0.15) is 5.10 Å². The van der Waals surface area contributed by atoms with Gasteiger partial charge in [0, 0.05) is 19.1 Å². The number of nitrogens with zero attached hydrogens (tertiary/aromatic N) is 3. The largest absolute Gasteiger partial charge is 0.365 e. The second-order valence-electron chi connectivity index (χ2n) is 5.90. The number of hydrogen-bond donors (Lipinski definition) is 1. The third-order valence-electron chi connectivity index (χ3n) is 3.97. The predicted octanol–water partition coefficient (Wildman–Crippen LogP) is 2.15. The Labute approximate surface area is 128 Å². The van der Waals surface area contributed by atoms with Gasteiger partial charge in [0.1, 0.15) is 4.47 Å². The predicted molar refractivity (Wildman–Crippen MR) is 85.2 cm³/mol. The van der Waals surface area contributed by atoms with Crippen LogP contribution >= 0.6 is 15.9 Å². The molecule has 0 aromatic carbocycles. The lowest BCUT2D eigenvalue weighted by molar-refractivity contribution is 0.365. The van der Waals surface area contributed by atoms with E-state index in [1.54, 1.807) is 6.20 Å². The Bertz CT molecular complexity index is 528. The molecule has 1 aliphatic heterocycles. The summed E-state index contributed by atoms with van der Waals surface area (Å²) in [4.78, 5) is 14.6. The molecule has 0 spiro atoms. The lowest BCUT2D eigenvalue weighted by atomic mass is 9.92. The highest BCUT2D eigenvalue weighted by atomic mass is 79.9. The molecule has 2 rings (SSSR count). The molecule has 1 aromatic heterocycles. The monoisotopic (exact) mass is 342 g/mol. The quantitative estimate of drug-likeness (QED) is 0.913. The van der Waals surface area contributed by atoms with Crippen LogP contribution in [0, 0.1) is 5.92 Å². The molecule has 2 atom stereocenters. The smallest absolute Gasteiger partial charge is 0.283 e. The molecular weight excluding hydrogens is 320 g/mol. The fourth-order valence-electron chi connectivity index (χ4n) is 2.80. The molecule has 1 aliphatic rings. The fourth-order valence-corrected chi connectivity index (χ4v) is 3.31. The Morgan fingerprint density at radius 1 is 1.55 bits per heavy atom. The van der Waals surface area contributed by atoms with E-state index in [1.165, 1.54) is 4.68 Å². The minimum absolute atomic E-state index is 0.0551. The van der Waals surface area contributed by atoms with E-state index in [9.17, 15) is 4.79 Å². The molecule has 0 saturated carbocycles. The van der Waals surface area contributed by atoms with Crippen LogP contribution in [0.15, 0.2) is 15.5 Å². The summed E-state index contributed by atoms with van der Waals surface area (Å²) in [5.74, 6) is 0.683. The van der Waals surface area contributed by atoms with Crippen molar-refractivity contribution in [3.05, 3.63) is 21.0 Å². The summed E-state index contributed by atoms with van der Waals surface area (Å²) in [6.07, 6.45) is 3.97. The molecule has 0 radical (unpaired) electrons. The van der Waals surface area contributed by atoms with Gasteiger partial charge < -0.3 is 10.6 Å². The van der Waals surface area contributed by atoms with Crippen molar-refractivity contribution in [1.29, 1.82) is 0 Å². The number of hydrogen-bond acceptors (Lipinski definition) is 4. The second kappa shape index (κ2) is 6.26. The maximum absolute atomic E-state index is 12.3. The van der Waals surface area contributed by atoms with Crippen molar-refractivity contribution in [2.75, 3.05) is 18.0 Å². The number of piperidine rings is 1. The first-order valence-corrected chi connectivity index (χ1v) is 7.99. The van der Waals surface area contributed by atoms with Gasteiger partial charge in [-0.25, -0.2) is 4.68 Å². The third kappa shape index (κ3) is 2.91. The van der Waals surface area contributed by atoms with Crippen molar-refractivity contribution in [3.8, 4) is 0 Å². The number of halogens is 1. The molecule has 5 nitrogen and oxygen atoms in total. The summed E-state index contributed by atoms with van der Waals surface area (Å²) in [5, 5.41) is 4.29. The van der Waals surface area contributed by atoms with Crippen molar-refractivity contribution in [3.63, 3.8) is 0 Å². The van der Waals surface area contributed by atoms with Crippen molar-refractivity contribution in [1.82, 2.24) is 9.78 Å². The molecule has 0 amide bonds. The molecule has 2 N–H and O–H groups in total. The zero-order valence-corrected chi connectivity index (χ0v) is 13.9. The van der Waals surface area contributed by atoms with Crippen LogP contribution in [0.3, 0.4) is 0 Å². The highest BCUT2D eigenvalue weighted by Crippen LogP contribution is 2.30. The van der Waals surface area contributed by atoms with Crippen molar-refractivity contribution in [2.24, 2.45) is 11.7 Å². The second-order valence-corrected chi connectivity index (χ2v) is 6.69. The van der Waals surface area contributed by atoms with Gasteiger partial charge in [0.05, 0.1) is 17.9 Å². The molecule has 2 unspecified atom stereocenters. The third-order valence-corrected chi connectivity index (χ3v) is 4.72. The molecule has 2 heterocycles. The summed E-state index contributed by atoms with van der Waals surface area (Å²) in [7, 11) is 0. The molecule has 6 heteroatoms. The molecule has 1 aromatic rings. The van der Waals surface area contributed by atoms with Crippen LogP contribution in [0.1, 0.15) is 39.7 Å². The maximum atomic E-state index is 12.3. The topological polar surface area (TPSA) is 64.2 Å². The minimum Gasteiger partial charge on any atom is -0.365 e. The van der Waals surface area contributed by atoms with Crippen LogP contribution in [0.4, 0.5) is 5.69 Å². The minimum atomic E-state index is -0.0770. The van der Waals surface area contributed by atoms with E-state index < -0.39 is 0 Å². The highest BCUT2D eigenvalue weighted by molar-refractivity contribution is 9.10. The van der Waals surface area contributed by atoms with E-state index in [-0.39, 0.29) is 17.6 Å². The molecule has 20 heavy (non-hydrogen) atoms. The van der Waals surface area contributed by atoms with Crippen LogP contribution < -0.4 is 16.2 Å². The Balaban J connectivity index is 2.38. The summed E-state index contributed by atoms with van der Waals surface area (Å²) in [5.41, 5.74) is 6.69. The van der Waals surface area contributed by atoms with Gasteiger partial charge in [-0.15, -0.1) is 0 Å². The summed E-state index contributed by atoms with van der Waals surface area (Å²) < 4.78 is 2.09. The number of aromatic nitrogens is 2. The van der Waals surface area contributed by atoms with Gasteiger partial charge in [0.2, 0.25) is 0 Å². The summed E-state index contributed by atoms with van der Waals surface area (Å²) in [6, 6.07) is 0.339. The lowest BCUT2D eigenvalue weighted by Crippen LogP contribution is -2.47. The van der Waals surface area contributed by atoms with E-state index in [4.69, 9.17) is 5.73 Å². The molecular formula is C14H23BrN4O. The standard InChI is InChI=1S/C14H23BrN4O/c1-9(2)19-14(20)13(15)12(8-17-19)18-5-4-10(3)6-11(18)7-16/h8-11H,4-7,16H2,1-3H3. The highest BCUT2D eigenvalue weighted by Gasteiger charge is 2.28. The Morgan fingerprint density at radius 3 is 2.85 bits per heavy atom. The van der Waals surface area contributed by atoms with Gasteiger partial charge in [0.25, 0.3) is 5.56 Å². The first-order chi connectivity index (χ1) is 9.45. The Morgan fingerprint density at radius 2 is 2.25 bits per heavy atom. The summed E-state index contributed by atoms with van der Waals surface area (Å²) >= 11 is 3.45. The normalized spacial score (nSPS) is 23.4. The molecule has 112 valence electrons. The number of rotatable bonds is 3. The average Bonchev–Trinajstić information content (AvgIpc) is 2.41. The average molecular weight is 343 g/mol. The van der Waals surface area contributed by atoms with Crippen molar-refractivity contribution >= 4 is 21.6 Å². The van der Waals surface area contributed by atoms with Crippen LogP contribution in [-0.2, 0) is 0 Å². The van der Waals surface area contributed by atoms with E-state index in [1.807, 2.05) is 13.8 Å². The van der Waals surface area contributed by atoms with Crippen molar-refractivity contribution in [2.45, 2.75) is 45.7 Å². The van der Waals surface area contributed by atoms with Gasteiger partial charge in [-0.05, 0) is 48.5 Å². The summed E-state index contributed by atoms with van der Waals surface area (Å²) in [6.45, 7) is 7.68. The Kier molecular flexibility index (Phi) is 4.86.